The Hall–Kier alpha value is -2.55. The molecule has 6 nitrogen and oxygen atoms in total. The van der Waals surface area contributed by atoms with Crippen molar-refractivity contribution in [3.63, 3.8) is 0 Å². The van der Waals surface area contributed by atoms with E-state index in [1.807, 2.05) is 26.0 Å². The minimum Gasteiger partial charge on any atom is -0.340 e. The van der Waals surface area contributed by atoms with Crippen molar-refractivity contribution in [1.82, 2.24) is 10.3 Å². The maximum Gasteiger partial charge on any atom is 0.224 e. The van der Waals surface area contributed by atoms with Gasteiger partial charge >= 0.3 is 0 Å². The molecular weight excluding hydrogens is 366 g/mol. The van der Waals surface area contributed by atoms with Crippen molar-refractivity contribution in [2.24, 2.45) is 17.8 Å². The highest BCUT2D eigenvalue weighted by Crippen LogP contribution is 2.26. The van der Waals surface area contributed by atoms with Crippen molar-refractivity contribution in [2.45, 2.75) is 71.3 Å². The molecule has 0 bridgehead atoms. The van der Waals surface area contributed by atoms with Gasteiger partial charge in [-0.05, 0) is 49.7 Å². The minimum absolute atomic E-state index is 0.0362. The third-order valence-electron chi connectivity index (χ3n) is 5.44. The summed E-state index contributed by atoms with van der Waals surface area (Å²) >= 11 is 0. The molecule has 2 rings (SSSR count). The van der Waals surface area contributed by atoms with E-state index in [9.17, 15) is 19.6 Å². The van der Waals surface area contributed by atoms with Crippen molar-refractivity contribution >= 4 is 17.5 Å². The maximum absolute atomic E-state index is 12.8. The Kier molecular flexibility index (Phi) is 8.98. The van der Waals surface area contributed by atoms with Crippen molar-refractivity contribution in [2.75, 3.05) is 0 Å². The lowest BCUT2D eigenvalue weighted by molar-refractivity contribution is -0.130. The molecule has 1 aromatic heterocycles. The van der Waals surface area contributed by atoms with Crippen LogP contribution >= 0.6 is 0 Å². The Labute approximate surface area is 173 Å². The van der Waals surface area contributed by atoms with E-state index in [1.54, 1.807) is 12.4 Å². The standard InChI is InChI=1S/C23H31N3O3/c1-16(2)11-19(13-21(27)9-8-17-5-4-10-25-15-17)23(29)26-20(14-24)12-18-6-3-7-22(18)28/h4-5,10,15-16,18-20H,3,6-9,11-13H2,1-2H3,(H,26,29)/t18-,19+,20-/m0/s1. The molecule has 1 aliphatic rings. The average molecular weight is 398 g/mol. The highest BCUT2D eigenvalue weighted by Gasteiger charge is 2.30. The Morgan fingerprint density at radius 1 is 1.38 bits per heavy atom. The Morgan fingerprint density at radius 3 is 2.76 bits per heavy atom. The molecule has 0 aromatic carbocycles. The minimum atomic E-state index is -0.685. The molecule has 1 heterocycles. The number of ketones is 2. The van der Waals surface area contributed by atoms with Gasteiger partial charge in [-0.15, -0.1) is 0 Å². The van der Waals surface area contributed by atoms with Crippen LogP contribution in [-0.4, -0.2) is 28.5 Å². The van der Waals surface area contributed by atoms with Crippen LogP contribution in [0.3, 0.4) is 0 Å². The molecular formula is C23H31N3O3. The fourth-order valence-corrected chi connectivity index (χ4v) is 3.91. The fourth-order valence-electron chi connectivity index (χ4n) is 3.91. The summed E-state index contributed by atoms with van der Waals surface area (Å²) < 4.78 is 0. The first-order valence-corrected chi connectivity index (χ1v) is 10.5. The molecule has 1 amide bonds. The van der Waals surface area contributed by atoms with Crippen LogP contribution < -0.4 is 5.32 Å². The largest absolute Gasteiger partial charge is 0.340 e. The van der Waals surface area contributed by atoms with Crippen LogP contribution in [0.1, 0.15) is 64.4 Å². The summed E-state index contributed by atoms with van der Waals surface area (Å²) in [5.41, 5.74) is 0.997. The first kappa shape index (κ1) is 22.7. The summed E-state index contributed by atoms with van der Waals surface area (Å²) in [6.07, 6.45) is 7.75. The van der Waals surface area contributed by atoms with Gasteiger partial charge in [-0.1, -0.05) is 19.9 Å². The zero-order chi connectivity index (χ0) is 21.2. The number of hydrogen-bond donors (Lipinski definition) is 1. The number of aryl methyl sites for hydroxylation is 1. The molecule has 0 unspecified atom stereocenters. The quantitative estimate of drug-likeness (QED) is 0.617. The van der Waals surface area contributed by atoms with Crippen LogP contribution in [0.2, 0.25) is 0 Å². The van der Waals surface area contributed by atoms with Crippen LogP contribution in [0.5, 0.6) is 0 Å². The first-order chi connectivity index (χ1) is 13.9. The second kappa shape index (κ2) is 11.5. The van der Waals surface area contributed by atoms with Crippen molar-refractivity contribution in [3.8, 4) is 6.07 Å². The summed E-state index contributed by atoms with van der Waals surface area (Å²) in [7, 11) is 0. The van der Waals surface area contributed by atoms with Crippen molar-refractivity contribution in [3.05, 3.63) is 30.1 Å². The molecule has 1 N–H and O–H groups in total. The van der Waals surface area contributed by atoms with Gasteiger partial charge in [-0.3, -0.25) is 19.4 Å². The Balaban J connectivity index is 1.91. The zero-order valence-corrected chi connectivity index (χ0v) is 17.4. The van der Waals surface area contributed by atoms with Gasteiger partial charge in [0, 0.05) is 43.5 Å². The number of rotatable bonds is 11. The van der Waals surface area contributed by atoms with Crippen LogP contribution in [0.25, 0.3) is 0 Å². The summed E-state index contributed by atoms with van der Waals surface area (Å²) in [6, 6.07) is 5.20. The lowest BCUT2D eigenvalue weighted by Gasteiger charge is -2.21. The third kappa shape index (κ3) is 7.77. The molecule has 1 aliphatic carbocycles. The lowest BCUT2D eigenvalue weighted by atomic mass is 9.89. The SMILES string of the molecule is CC(C)C[C@H](CC(=O)CCc1cccnc1)C(=O)N[C@H](C#N)C[C@@H]1CCCC1=O. The van der Waals surface area contributed by atoms with E-state index in [4.69, 9.17) is 0 Å². The highest BCUT2D eigenvalue weighted by atomic mass is 16.2. The molecule has 156 valence electrons. The molecule has 1 fully saturated rings. The number of carbonyl (C=O) groups is 3. The number of amides is 1. The van der Waals surface area contributed by atoms with Gasteiger partial charge < -0.3 is 5.32 Å². The number of nitrogens with zero attached hydrogens (tertiary/aromatic N) is 2. The van der Waals surface area contributed by atoms with Gasteiger partial charge in [-0.2, -0.15) is 5.26 Å². The number of carbonyl (C=O) groups excluding carboxylic acids is 3. The number of Topliss-reactive ketones (excluding diaryl/α,β-unsaturated/α-hetero) is 2. The second-order valence-corrected chi connectivity index (χ2v) is 8.41. The normalized spacial score (nSPS) is 18.3. The van der Waals surface area contributed by atoms with E-state index in [0.717, 1.165) is 18.4 Å². The zero-order valence-electron chi connectivity index (χ0n) is 17.4. The smallest absolute Gasteiger partial charge is 0.224 e. The summed E-state index contributed by atoms with van der Waals surface area (Å²) in [6.45, 7) is 4.03. The molecule has 3 atom stereocenters. The van der Waals surface area contributed by atoms with Gasteiger partial charge in [0.2, 0.25) is 5.91 Å². The van der Waals surface area contributed by atoms with Crippen LogP contribution in [0.15, 0.2) is 24.5 Å². The summed E-state index contributed by atoms with van der Waals surface area (Å²) in [4.78, 5) is 41.2. The molecule has 29 heavy (non-hydrogen) atoms. The fraction of sp³-hybridized carbons (Fsp3) is 0.609. The van der Waals surface area contributed by atoms with Crippen LogP contribution in [0.4, 0.5) is 0 Å². The molecule has 6 heteroatoms. The van der Waals surface area contributed by atoms with E-state index in [2.05, 4.69) is 16.4 Å². The number of nitriles is 1. The Bertz CT molecular complexity index is 739. The molecule has 1 saturated carbocycles. The Morgan fingerprint density at radius 2 is 2.17 bits per heavy atom. The first-order valence-electron chi connectivity index (χ1n) is 10.5. The predicted molar refractivity (Wildman–Crippen MR) is 110 cm³/mol. The van der Waals surface area contributed by atoms with E-state index >= 15 is 0 Å². The van der Waals surface area contributed by atoms with Gasteiger partial charge in [0.15, 0.2) is 0 Å². The maximum atomic E-state index is 12.8. The van der Waals surface area contributed by atoms with Gasteiger partial charge in [0.05, 0.1) is 6.07 Å². The second-order valence-electron chi connectivity index (χ2n) is 8.41. The van der Waals surface area contributed by atoms with E-state index in [1.165, 1.54) is 0 Å². The highest BCUT2D eigenvalue weighted by molar-refractivity contribution is 5.87. The topological polar surface area (TPSA) is 99.9 Å². The van der Waals surface area contributed by atoms with Crippen LogP contribution in [0, 0.1) is 29.1 Å². The van der Waals surface area contributed by atoms with E-state index in [-0.39, 0.29) is 35.7 Å². The van der Waals surface area contributed by atoms with Gasteiger partial charge in [0.1, 0.15) is 17.6 Å². The van der Waals surface area contributed by atoms with Crippen molar-refractivity contribution < 1.29 is 14.4 Å². The molecule has 1 aromatic rings. The van der Waals surface area contributed by atoms with Gasteiger partial charge in [-0.25, -0.2) is 0 Å². The molecule has 0 radical (unpaired) electrons. The number of aromatic nitrogens is 1. The number of pyridine rings is 1. The summed E-state index contributed by atoms with van der Waals surface area (Å²) in [5, 5.41) is 12.2. The monoisotopic (exact) mass is 397 g/mol. The van der Waals surface area contributed by atoms with Crippen molar-refractivity contribution in [1.29, 1.82) is 5.26 Å². The number of nitrogens with one attached hydrogen (secondary N) is 1. The summed E-state index contributed by atoms with van der Waals surface area (Å²) in [5.74, 6) is -0.367. The number of hydrogen-bond acceptors (Lipinski definition) is 5. The molecule has 0 spiro atoms. The molecule has 0 saturated heterocycles. The predicted octanol–water partition coefficient (Wildman–Crippen LogP) is 3.40. The molecule has 0 aliphatic heterocycles. The van der Waals surface area contributed by atoms with Gasteiger partial charge in [0.25, 0.3) is 0 Å². The van der Waals surface area contributed by atoms with E-state index < -0.39 is 12.0 Å². The average Bonchev–Trinajstić information content (AvgIpc) is 3.10. The third-order valence-corrected chi connectivity index (χ3v) is 5.44. The lowest BCUT2D eigenvalue weighted by Crippen LogP contribution is -2.40. The van der Waals surface area contributed by atoms with E-state index in [0.29, 0.717) is 32.1 Å². The van der Waals surface area contributed by atoms with Crippen LogP contribution in [-0.2, 0) is 20.8 Å².